The molecule has 0 bridgehead atoms. The van der Waals surface area contributed by atoms with E-state index in [0.717, 1.165) is 11.3 Å². The van der Waals surface area contributed by atoms with Crippen LogP contribution in [0.25, 0.3) is 0 Å². The first-order valence-electron chi connectivity index (χ1n) is 11.4. The number of hydrazone groups is 1. The average molecular weight is 455 g/mol. The van der Waals surface area contributed by atoms with Crippen molar-refractivity contribution in [1.29, 1.82) is 0 Å². The van der Waals surface area contributed by atoms with Gasteiger partial charge in [0.1, 0.15) is 5.71 Å². The van der Waals surface area contributed by atoms with Gasteiger partial charge in [0, 0.05) is 19.5 Å². The molecule has 2 aliphatic rings. The highest BCUT2D eigenvalue weighted by atomic mass is 16.5. The van der Waals surface area contributed by atoms with E-state index in [4.69, 9.17) is 9.84 Å². The summed E-state index contributed by atoms with van der Waals surface area (Å²) in [6.45, 7) is 2.12. The standard InChI is InChI=1S/C27H26N4O3/c32-26(28-23-14-8-7-13-22(23)27(33)30-15-17-34-18-16-30)24-19-25(20-9-3-1-4-10-20)31(29-24)21-11-5-2-6-12-21/h1-14,25H,15-19H2,(H,28,32). The summed E-state index contributed by atoms with van der Waals surface area (Å²) in [6.07, 6.45) is 0.463. The number of hydrogen-bond donors (Lipinski definition) is 1. The Morgan fingerprint density at radius 3 is 2.24 bits per heavy atom. The lowest BCUT2D eigenvalue weighted by Crippen LogP contribution is -2.41. The van der Waals surface area contributed by atoms with Gasteiger partial charge in [0.15, 0.2) is 0 Å². The van der Waals surface area contributed by atoms with Gasteiger partial charge >= 0.3 is 0 Å². The number of anilines is 2. The minimum absolute atomic E-state index is 0.0884. The molecule has 1 saturated heterocycles. The molecule has 34 heavy (non-hydrogen) atoms. The second kappa shape index (κ2) is 9.89. The van der Waals surface area contributed by atoms with Crippen LogP contribution in [0.15, 0.2) is 90.0 Å². The highest BCUT2D eigenvalue weighted by Crippen LogP contribution is 2.35. The van der Waals surface area contributed by atoms with Gasteiger partial charge in [-0.25, -0.2) is 0 Å². The number of nitrogens with one attached hydrogen (secondary N) is 1. The summed E-state index contributed by atoms with van der Waals surface area (Å²) < 4.78 is 5.36. The largest absolute Gasteiger partial charge is 0.378 e. The van der Waals surface area contributed by atoms with Gasteiger partial charge in [-0.15, -0.1) is 0 Å². The number of morpholine rings is 1. The van der Waals surface area contributed by atoms with Crippen LogP contribution in [0, 0.1) is 0 Å². The van der Waals surface area contributed by atoms with Crippen LogP contribution >= 0.6 is 0 Å². The second-order valence-electron chi connectivity index (χ2n) is 8.26. The number of para-hydroxylation sites is 2. The molecule has 2 aliphatic heterocycles. The van der Waals surface area contributed by atoms with E-state index in [-0.39, 0.29) is 17.9 Å². The fourth-order valence-electron chi connectivity index (χ4n) is 4.31. The predicted octanol–water partition coefficient (Wildman–Crippen LogP) is 4.11. The van der Waals surface area contributed by atoms with Crippen LogP contribution in [0.2, 0.25) is 0 Å². The zero-order valence-corrected chi connectivity index (χ0v) is 18.8. The summed E-state index contributed by atoms with van der Waals surface area (Å²) in [7, 11) is 0. The molecule has 0 spiro atoms. The fraction of sp³-hybridized carbons (Fsp3) is 0.222. The smallest absolute Gasteiger partial charge is 0.271 e. The Labute approximate surface area is 198 Å². The van der Waals surface area contributed by atoms with Crippen molar-refractivity contribution in [3.63, 3.8) is 0 Å². The Morgan fingerprint density at radius 1 is 0.853 bits per heavy atom. The molecule has 0 radical (unpaired) electrons. The van der Waals surface area contributed by atoms with E-state index in [1.165, 1.54) is 0 Å². The number of rotatable bonds is 5. The zero-order chi connectivity index (χ0) is 23.3. The molecule has 3 aromatic carbocycles. The minimum atomic E-state index is -0.304. The molecule has 1 atom stereocenters. The highest BCUT2D eigenvalue weighted by molar-refractivity contribution is 6.44. The van der Waals surface area contributed by atoms with Crippen molar-refractivity contribution in [3.05, 3.63) is 96.1 Å². The van der Waals surface area contributed by atoms with Crippen LogP contribution < -0.4 is 10.3 Å². The van der Waals surface area contributed by atoms with Crippen LogP contribution in [0.3, 0.4) is 0 Å². The van der Waals surface area contributed by atoms with Crippen molar-refractivity contribution in [2.45, 2.75) is 12.5 Å². The fourth-order valence-corrected chi connectivity index (χ4v) is 4.31. The summed E-state index contributed by atoms with van der Waals surface area (Å²) in [6, 6.07) is 26.9. The molecule has 2 heterocycles. The number of carbonyl (C=O) groups excluding carboxylic acids is 2. The van der Waals surface area contributed by atoms with Crippen molar-refractivity contribution < 1.29 is 14.3 Å². The number of amides is 2. The van der Waals surface area contributed by atoms with Crippen LogP contribution in [0.1, 0.15) is 28.4 Å². The Kier molecular flexibility index (Phi) is 6.35. The topological polar surface area (TPSA) is 74.2 Å². The minimum Gasteiger partial charge on any atom is -0.378 e. The Hall–Kier alpha value is -3.97. The summed E-state index contributed by atoms with van der Waals surface area (Å²) >= 11 is 0. The SMILES string of the molecule is O=C(Nc1ccccc1C(=O)N1CCOCC1)C1=NN(c2ccccc2)C(c2ccccc2)C1. The average Bonchev–Trinajstić information content (AvgIpc) is 3.36. The van der Waals surface area contributed by atoms with Crippen LogP contribution in [0.4, 0.5) is 11.4 Å². The Bertz CT molecular complexity index is 1190. The molecule has 0 aromatic heterocycles. The molecule has 1 fully saturated rings. The maximum atomic E-state index is 13.3. The molecule has 0 saturated carbocycles. The van der Waals surface area contributed by atoms with Gasteiger partial charge in [-0.1, -0.05) is 60.7 Å². The number of ether oxygens (including phenoxy) is 1. The number of carbonyl (C=O) groups is 2. The molecule has 7 heteroatoms. The maximum absolute atomic E-state index is 13.3. The molecule has 1 N–H and O–H groups in total. The third-order valence-electron chi connectivity index (χ3n) is 6.08. The lowest BCUT2D eigenvalue weighted by Gasteiger charge is -2.27. The summed E-state index contributed by atoms with van der Waals surface area (Å²) in [4.78, 5) is 28.1. The van der Waals surface area contributed by atoms with E-state index >= 15 is 0 Å². The lowest BCUT2D eigenvalue weighted by atomic mass is 10.0. The number of benzene rings is 3. The van der Waals surface area contributed by atoms with Crippen LogP contribution in [0.5, 0.6) is 0 Å². The third kappa shape index (κ3) is 4.56. The first-order valence-corrected chi connectivity index (χ1v) is 11.4. The Morgan fingerprint density at radius 2 is 1.50 bits per heavy atom. The molecule has 3 aromatic rings. The molecule has 7 nitrogen and oxygen atoms in total. The van der Waals surface area contributed by atoms with Gasteiger partial charge in [-0.2, -0.15) is 5.10 Å². The van der Waals surface area contributed by atoms with Crippen LogP contribution in [-0.4, -0.2) is 48.7 Å². The highest BCUT2D eigenvalue weighted by Gasteiger charge is 2.33. The molecule has 1 unspecified atom stereocenters. The molecular weight excluding hydrogens is 428 g/mol. The van der Waals surface area contributed by atoms with Crippen molar-refractivity contribution >= 4 is 28.9 Å². The van der Waals surface area contributed by atoms with Gasteiger partial charge in [0.05, 0.1) is 36.2 Å². The normalized spacial score (nSPS) is 17.9. The van der Waals surface area contributed by atoms with Gasteiger partial charge in [-0.05, 0) is 29.8 Å². The molecular formula is C27H26N4O3. The van der Waals surface area contributed by atoms with E-state index < -0.39 is 0 Å². The van der Waals surface area contributed by atoms with E-state index in [1.807, 2.05) is 71.7 Å². The monoisotopic (exact) mass is 454 g/mol. The summed E-state index contributed by atoms with van der Waals surface area (Å²) in [5.41, 5.74) is 3.38. The molecule has 172 valence electrons. The third-order valence-corrected chi connectivity index (χ3v) is 6.08. The van der Waals surface area contributed by atoms with E-state index in [0.29, 0.717) is 49.7 Å². The predicted molar refractivity (Wildman–Crippen MR) is 132 cm³/mol. The first-order chi connectivity index (χ1) is 16.7. The molecule has 2 amide bonds. The van der Waals surface area contributed by atoms with Gasteiger partial charge in [0.25, 0.3) is 11.8 Å². The first kappa shape index (κ1) is 21.9. The molecule has 0 aliphatic carbocycles. The molecule has 5 rings (SSSR count). The van der Waals surface area contributed by atoms with E-state index in [9.17, 15) is 9.59 Å². The number of hydrogen-bond acceptors (Lipinski definition) is 5. The van der Waals surface area contributed by atoms with Gasteiger partial charge in [0.2, 0.25) is 0 Å². The van der Waals surface area contributed by atoms with Gasteiger partial charge < -0.3 is 15.0 Å². The second-order valence-corrected chi connectivity index (χ2v) is 8.26. The van der Waals surface area contributed by atoms with Crippen molar-refractivity contribution in [1.82, 2.24) is 4.90 Å². The van der Waals surface area contributed by atoms with Crippen LogP contribution in [-0.2, 0) is 9.53 Å². The van der Waals surface area contributed by atoms with Crippen molar-refractivity contribution in [3.8, 4) is 0 Å². The lowest BCUT2D eigenvalue weighted by molar-refractivity contribution is -0.110. The van der Waals surface area contributed by atoms with Crippen molar-refractivity contribution in [2.75, 3.05) is 36.6 Å². The maximum Gasteiger partial charge on any atom is 0.271 e. The van der Waals surface area contributed by atoms with Gasteiger partial charge in [-0.3, -0.25) is 14.6 Å². The Balaban J connectivity index is 1.39. The number of nitrogens with zero attached hydrogens (tertiary/aromatic N) is 3. The summed E-state index contributed by atoms with van der Waals surface area (Å²) in [5.74, 6) is -0.415. The summed E-state index contributed by atoms with van der Waals surface area (Å²) in [5, 5.41) is 9.54. The quantitative estimate of drug-likeness (QED) is 0.630. The van der Waals surface area contributed by atoms with E-state index in [1.54, 1.807) is 23.1 Å². The van der Waals surface area contributed by atoms with Crippen molar-refractivity contribution in [2.24, 2.45) is 5.10 Å². The van der Waals surface area contributed by atoms with E-state index in [2.05, 4.69) is 5.32 Å². The zero-order valence-electron chi connectivity index (χ0n) is 18.8.